The van der Waals surface area contributed by atoms with E-state index in [1.54, 1.807) is 18.7 Å². The van der Waals surface area contributed by atoms with E-state index in [4.69, 9.17) is 0 Å². The number of nitrogens with zero attached hydrogens (tertiary/aromatic N) is 1. The highest BCUT2D eigenvalue weighted by Crippen LogP contribution is 2.21. The van der Waals surface area contributed by atoms with Gasteiger partial charge in [0, 0.05) is 20.0 Å². The minimum absolute atomic E-state index is 0.0714. The van der Waals surface area contributed by atoms with E-state index >= 15 is 0 Å². The first kappa shape index (κ1) is 14.0. The normalized spacial score (nSPS) is 27.2. The molecule has 1 rings (SSSR count). The lowest BCUT2D eigenvalue weighted by Crippen LogP contribution is -2.46. The molecule has 5 heteroatoms. The van der Waals surface area contributed by atoms with Crippen molar-refractivity contribution in [1.82, 2.24) is 10.2 Å². The Balaban J connectivity index is 2.55. The highest BCUT2D eigenvalue weighted by molar-refractivity contribution is 5.86. The van der Waals surface area contributed by atoms with Gasteiger partial charge in [-0.3, -0.25) is 9.59 Å². The summed E-state index contributed by atoms with van der Waals surface area (Å²) in [6, 6.07) is -0.490. The summed E-state index contributed by atoms with van der Waals surface area (Å²) in [6.07, 6.45) is 2.10. The van der Waals surface area contributed by atoms with Gasteiger partial charge in [0.15, 0.2) is 0 Å². The van der Waals surface area contributed by atoms with Gasteiger partial charge in [0.2, 0.25) is 11.8 Å². The maximum Gasteiger partial charge on any atom is 0.244 e. The second-order valence-corrected chi connectivity index (χ2v) is 5.10. The summed E-state index contributed by atoms with van der Waals surface area (Å²) in [5.74, 6) is -0.273. The van der Waals surface area contributed by atoms with Gasteiger partial charge in [-0.1, -0.05) is 0 Å². The molecule has 98 valence electrons. The Hall–Kier alpha value is -1.10. The van der Waals surface area contributed by atoms with Gasteiger partial charge in [0.25, 0.3) is 0 Å². The van der Waals surface area contributed by atoms with Crippen LogP contribution in [0.15, 0.2) is 0 Å². The molecule has 0 radical (unpaired) electrons. The van der Waals surface area contributed by atoms with E-state index in [9.17, 15) is 14.7 Å². The van der Waals surface area contributed by atoms with Gasteiger partial charge in [-0.2, -0.15) is 0 Å². The van der Waals surface area contributed by atoms with Crippen LogP contribution >= 0.6 is 0 Å². The molecule has 5 nitrogen and oxygen atoms in total. The fourth-order valence-electron chi connectivity index (χ4n) is 2.12. The average molecular weight is 242 g/mol. The van der Waals surface area contributed by atoms with Gasteiger partial charge in [-0.15, -0.1) is 0 Å². The Bertz CT molecular complexity index is 302. The molecule has 0 saturated carbocycles. The number of carbonyl (C=O) groups is 2. The van der Waals surface area contributed by atoms with E-state index in [1.165, 1.54) is 6.92 Å². The van der Waals surface area contributed by atoms with E-state index in [0.29, 0.717) is 25.9 Å². The zero-order valence-corrected chi connectivity index (χ0v) is 10.8. The largest absolute Gasteiger partial charge is 0.390 e. The molecule has 0 aromatic rings. The van der Waals surface area contributed by atoms with E-state index < -0.39 is 11.6 Å². The molecular formula is C12H22N2O3. The Labute approximate surface area is 102 Å². The Kier molecular flexibility index (Phi) is 4.51. The van der Waals surface area contributed by atoms with Crippen LogP contribution in [0.5, 0.6) is 0 Å². The van der Waals surface area contributed by atoms with Gasteiger partial charge >= 0.3 is 0 Å². The number of amides is 2. The molecule has 0 aliphatic carbocycles. The van der Waals surface area contributed by atoms with Crippen molar-refractivity contribution in [3.63, 3.8) is 0 Å². The third-order valence-electron chi connectivity index (χ3n) is 3.17. The number of rotatable bonds is 2. The summed E-state index contributed by atoms with van der Waals surface area (Å²) >= 11 is 0. The molecule has 0 bridgehead atoms. The average Bonchev–Trinajstić information content (AvgIpc) is 2.37. The molecule has 2 N–H and O–H groups in total. The number of likely N-dealkylation sites (tertiary alicyclic amines) is 1. The van der Waals surface area contributed by atoms with Crippen LogP contribution in [0.2, 0.25) is 0 Å². The summed E-state index contributed by atoms with van der Waals surface area (Å²) < 4.78 is 0. The summed E-state index contributed by atoms with van der Waals surface area (Å²) in [7, 11) is 0. The molecule has 2 amide bonds. The Morgan fingerprint density at radius 1 is 1.35 bits per heavy atom. The quantitative estimate of drug-likeness (QED) is 0.730. The van der Waals surface area contributed by atoms with Crippen LogP contribution in [0.25, 0.3) is 0 Å². The van der Waals surface area contributed by atoms with E-state index in [2.05, 4.69) is 5.32 Å². The number of hydrogen-bond acceptors (Lipinski definition) is 3. The van der Waals surface area contributed by atoms with Gasteiger partial charge in [0.05, 0.1) is 5.60 Å². The fourth-order valence-corrected chi connectivity index (χ4v) is 2.12. The predicted octanol–water partition coefficient (Wildman–Crippen LogP) is 0.274. The van der Waals surface area contributed by atoms with Crippen molar-refractivity contribution >= 4 is 11.8 Å². The third kappa shape index (κ3) is 4.34. The van der Waals surface area contributed by atoms with E-state index in [1.807, 2.05) is 0 Å². The standard InChI is InChI=1S/C12H22N2O3/c1-9(13-10(2)15)11(16)14-7-4-5-12(3,17)6-8-14/h9,17H,4-8H2,1-3H3,(H,13,15). The van der Waals surface area contributed by atoms with Crippen molar-refractivity contribution in [3.8, 4) is 0 Å². The highest BCUT2D eigenvalue weighted by atomic mass is 16.3. The molecule has 2 atom stereocenters. The minimum Gasteiger partial charge on any atom is -0.390 e. The van der Waals surface area contributed by atoms with Crippen molar-refractivity contribution in [1.29, 1.82) is 0 Å². The SMILES string of the molecule is CC(=O)NC(C)C(=O)N1CCCC(C)(O)CC1. The topological polar surface area (TPSA) is 69.6 Å². The fraction of sp³-hybridized carbons (Fsp3) is 0.833. The van der Waals surface area contributed by atoms with Crippen molar-refractivity contribution in [3.05, 3.63) is 0 Å². The maximum absolute atomic E-state index is 12.0. The van der Waals surface area contributed by atoms with Gasteiger partial charge in [0.1, 0.15) is 6.04 Å². The molecular weight excluding hydrogens is 220 g/mol. The van der Waals surface area contributed by atoms with Crippen LogP contribution in [0.4, 0.5) is 0 Å². The molecule has 1 heterocycles. The van der Waals surface area contributed by atoms with Crippen LogP contribution in [0.1, 0.15) is 40.0 Å². The molecule has 2 unspecified atom stereocenters. The van der Waals surface area contributed by atoms with Crippen molar-refractivity contribution in [2.24, 2.45) is 0 Å². The number of aliphatic hydroxyl groups is 1. The van der Waals surface area contributed by atoms with Gasteiger partial charge in [-0.25, -0.2) is 0 Å². The van der Waals surface area contributed by atoms with Crippen molar-refractivity contribution in [2.75, 3.05) is 13.1 Å². The molecule has 0 aromatic heterocycles. The lowest BCUT2D eigenvalue weighted by Gasteiger charge is -2.25. The molecule has 17 heavy (non-hydrogen) atoms. The molecule has 1 saturated heterocycles. The lowest BCUT2D eigenvalue weighted by atomic mass is 9.98. The smallest absolute Gasteiger partial charge is 0.244 e. The first-order valence-corrected chi connectivity index (χ1v) is 6.10. The summed E-state index contributed by atoms with van der Waals surface area (Å²) in [5, 5.41) is 12.5. The number of carbonyl (C=O) groups excluding carboxylic acids is 2. The zero-order valence-electron chi connectivity index (χ0n) is 10.8. The summed E-state index contributed by atoms with van der Waals surface area (Å²) in [5.41, 5.74) is -0.674. The summed E-state index contributed by atoms with van der Waals surface area (Å²) in [6.45, 7) is 6.09. The van der Waals surface area contributed by atoms with Crippen molar-refractivity contribution in [2.45, 2.75) is 51.7 Å². The van der Waals surface area contributed by atoms with Gasteiger partial charge < -0.3 is 15.3 Å². The molecule has 0 aromatic carbocycles. The van der Waals surface area contributed by atoms with Crippen LogP contribution in [-0.2, 0) is 9.59 Å². The zero-order chi connectivity index (χ0) is 13.1. The highest BCUT2D eigenvalue weighted by Gasteiger charge is 2.28. The molecule has 0 spiro atoms. The van der Waals surface area contributed by atoms with Crippen molar-refractivity contribution < 1.29 is 14.7 Å². The maximum atomic E-state index is 12.0. The second-order valence-electron chi connectivity index (χ2n) is 5.10. The minimum atomic E-state index is -0.674. The first-order chi connectivity index (χ1) is 7.82. The molecule has 1 aliphatic heterocycles. The van der Waals surface area contributed by atoms with Gasteiger partial charge in [-0.05, 0) is 33.1 Å². The van der Waals surface area contributed by atoms with Crippen LogP contribution in [-0.4, -0.2) is 46.6 Å². The third-order valence-corrected chi connectivity index (χ3v) is 3.17. The number of hydrogen-bond donors (Lipinski definition) is 2. The van der Waals surface area contributed by atoms with Crippen LogP contribution < -0.4 is 5.32 Å². The van der Waals surface area contributed by atoms with E-state index in [0.717, 1.165) is 6.42 Å². The van der Waals surface area contributed by atoms with Crippen LogP contribution in [0, 0.1) is 0 Å². The first-order valence-electron chi connectivity index (χ1n) is 6.10. The van der Waals surface area contributed by atoms with E-state index in [-0.39, 0.29) is 11.8 Å². The Morgan fingerprint density at radius 3 is 2.59 bits per heavy atom. The lowest BCUT2D eigenvalue weighted by molar-refractivity contribution is -0.135. The Morgan fingerprint density at radius 2 is 2.00 bits per heavy atom. The van der Waals surface area contributed by atoms with Crippen LogP contribution in [0.3, 0.4) is 0 Å². The second kappa shape index (κ2) is 5.49. The monoisotopic (exact) mass is 242 g/mol. The predicted molar refractivity (Wildman–Crippen MR) is 64.3 cm³/mol. The molecule has 1 aliphatic rings. The molecule has 1 fully saturated rings. The summed E-state index contributed by atoms with van der Waals surface area (Å²) in [4.78, 5) is 24.6. The number of nitrogens with one attached hydrogen (secondary N) is 1.